The molecule has 1 saturated heterocycles. The molecule has 3 rings (SSSR count). The summed E-state index contributed by atoms with van der Waals surface area (Å²) in [7, 11) is 0. The van der Waals surface area contributed by atoms with Gasteiger partial charge in [0, 0.05) is 35.4 Å². The fourth-order valence-corrected chi connectivity index (χ4v) is 3.59. The highest BCUT2D eigenvalue weighted by Crippen LogP contribution is 2.23. The van der Waals surface area contributed by atoms with Gasteiger partial charge in [-0.15, -0.1) is 0 Å². The Bertz CT molecular complexity index is 833. The van der Waals surface area contributed by atoms with Crippen molar-refractivity contribution < 1.29 is 14.3 Å². The molecule has 1 aliphatic rings. The first kappa shape index (κ1) is 20.3. The minimum absolute atomic E-state index is 0.0369. The molecule has 1 aromatic carbocycles. The molecule has 2 aromatic rings. The molecule has 6 nitrogen and oxygen atoms in total. The minimum atomic E-state index is -0.346. The summed E-state index contributed by atoms with van der Waals surface area (Å²) < 4.78 is 6.41. The zero-order chi connectivity index (χ0) is 20.1. The van der Waals surface area contributed by atoms with Crippen molar-refractivity contribution >= 4 is 27.9 Å². The van der Waals surface area contributed by atoms with Crippen LogP contribution in [0.25, 0.3) is 0 Å². The summed E-state index contributed by atoms with van der Waals surface area (Å²) >= 11 is 3.37. The normalized spacial score (nSPS) is 15.8. The summed E-state index contributed by atoms with van der Waals surface area (Å²) in [6, 6.07) is 10.8. The van der Waals surface area contributed by atoms with Crippen molar-refractivity contribution in [2.45, 2.75) is 32.7 Å². The molecule has 1 fully saturated rings. The molecule has 1 N–H and O–H groups in total. The van der Waals surface area contributed by atoms with Crippen molar-refractivity contribution in [1.82, 2.24) is 15.2 Å². The number of rotatable bonds is 4. The smallest absolute Gasteiger partial charge is 0.408 e. The van der Waals surface area contributed by atoms with E-state index in [2.05, 4.69) is 26.2 Å². The van der Waals surface area contributed by atoms with E-state index in [-0.39, 0.29) is 18.0 Å². The second-order valence-corrected chi connectivity index (χ2v) is 7.96. The maximum Gasteiger partial charge on any atom is 0.415 e. The fourth-order valence-electron chi connectivity index (χ4n) is 3.33. The molecule has 2 heterocycles. The molecule has 0 bridgehead atoms. The van der Waals surface area contributed by atoms with Crippen LogP contribution >= 0.6 is 15.9 Å². The number of likely N-dealkylation sites (tertiary alicyclic amines) is 1. The Labute approximate surface area is 173 Å². The Morgan fingerprint density at radius 3 is 2.54 bits per heavy atom. The number of carbonyl (C=O) groups is 2. The summed E-state index contributed by atoms with van der Waals surface area (Å²) in [5, 5.41) is 3.08. The number of piperidine rings is 1. The van der Waals surface area contributed by atoms with Crippen LogP contribution in [0.15, 0.2) is 47.1 Å². The van der Waals surface area contributed by atoms with Gasteiger partial charge in [0.1, 0.15) is 0 Å². The van der Waals surface area contributed by atoms with Crippen molar-refractivity contribution in [2.24, 2.45) is 5.92 Å². The first-order chi connectivity index (χ1) is 13.4. The number of nitrogens with zero attached hydrogens (tertiary/aromatic N) is 2. The monoisotopic (exact) mass is 445 g/mol. The number of benzene rings is 1. The zero-order valence-electron chi connectivity index (χ0n) is 16.0. The third-order valence-corrected chi connectivity index (χ3v) is 5.65. The number of aryl methyl sites for hydroxylation is 1. The van der Waals surface area contributed by atoms with Gasteiger partial charge in [0.15, 0.2) is 5.75 Å². The highest BCUT2D eigenvalue weighted by Gasteiger charge is 2.28. The van der Waals surface area contributed by atoms with Gasteiger partial charge in [-0.3, -0.25) is 9.78 Å². The van der Waals surface area contributed by atoms with Crippen molar-refractivity contribution in [3.63, 3.8) is 0 Å². The van der Waals surface area contributed by atoms with Crippen LogP contribution < -0.4 is 10.1 Å². The summed E-state index contributed by atoms with van der Waals surface area (Å²) in [4.78, 5) is 30.6. The summed E-state index contributed by atoms with van der Waals surface area (Å²) in [5.74, 6) is 0.738. The van der Waals surface area contributed by atoms with Gasteiger partial charge in [-0.25, -0.2) is 4.79 Å². The average Bonchev–Trinajstić information content (AvgIpc) is 2.70. The fraction of sp³-hybridized carbons (Fsp3) is 0.381. The Morgan fingerprint density at radius 1 is 1.21 bits per heavy atom. The topological polar surface area (TPSA) is 71.5 Å². The van der Waals surface area contributed by atoms with Crippen LogP contribution in [-0.4, -0.2) is 41.0 Å². The van der Waals surface area contributed by atoms with Crippen LogP contribution in [0, 0.1) is 12.8 Å². The summed E-state index contributed by atoms with van der Waals surface area (Å²) in [6.07, 6.45) is 2.97. The van der Waals surface area contributed by atoms with Gasteiger partial charge in [-0.05, 0) is 69.0 Å². The second kappa shape index (κ2) is 9.19. The van der Waals surface area contributed by atoms with Crippen molar-refractivity contribution in [2.75, 3.05) is 13.1 Å². The van der Waals surface area contributed by atoms with Crippen LogP contribution in [-0.2, 0) is 0 Å². The number of carbonyl (C=O) groups excluding carboxylic acids is 2. The lowest BCUT2D eigenvalue weighted by molar-refractivity contribution is 0.0895. The number of aromatic nitrogens is 1. The van der Waals surface area contributed by atoms with E-state index in [4.69, 9.17) is 4.74 Å². The van der Waals surface area contributed by atoms with E-state index in [0.29, 0.717) is 36.0 Å². The zero-order valence-corrected chi connectivity index (χ0v) is 17.6. The van der Waals surface area contributed by atoms with E-state index in [1.807, 2.05) is 26.0 Å². The quantitative estimate of drug-likeness (QED) is 0.765. The highest BCUT2D eigenvalue weighted by molar-refractivity contribution is 9.10. The van der Waals surface area contributed by atoms with Gasteiger partial charge in [-0.1, -0.05) is 15.9 Å². The second-order valence-electron chi connectivity index (χ2n) is 7.05. The molecule has 0 radical (unpaired) electrons. The lowest BCUT2D eigenvalue weighted by atomic mass is 9.90. The average molecular weight is 446 g/mol. The molecule has 1 aliphatic heterocycles. The minimum Gasteiger partial charge on any atom is -0.408 e. The van der Waals surface area contributed by atoms with Crippen LogP contribution in [0.3, 0.4) is 0 Å². The van der Waals surface area contributed by atoms with E-state index in [0.717, 1.165) is 17.3 Å². The van der Waals surface area contributed by atoms with E-state index >= 15 is 0 Å². The van der Waals surface area contributed by atoms with Crippen molar-refractivity contribution in [3.05, 3.63) is 58.3 Å². The molecule has 1 atom stereocenters. The molecular weight excluding hydrogens is 422 g/mol. The third-order valence-electron chi connectivity index (χ3n) is 5.13. The number of pyridine rings is 1. The third kappa shape index (κ3) is 5.10. The summed E-state index contributed by atoms with van der Waals surface area (Å²) in [6.45, 7) is 5.06. The molecular formula is C21H24BrN3O3. The first-order valence-corrected chi connectivity index (χ1v) is 10.2. The Balaban J connectivity index is 1.49. The maximum atomic E-state index is 12.4. The van der Waals surface area contributed by atoms with E-state index in [9.17, 15) is 9.59 Å². The number of hydrogen-bond donors (Lipinski definition) is 1. The SMILES string of the molecule is Cc1ncccc1OC(=O)N1CCC(C(C)NC(=O)c2ccc(Br)cc2)CC1. The number of hydrogen-bond acceptors (Lipinski definition) is 4. The molecule has 28 heavy (non-hydrogen) atoms. The van der Waals surface area contributed by atoms with Crippen LogP contribution in [0.2, 0.25) is 0 Å². The van der Waals surface area contributed by atoms with Gasteiger partial charge in [0.25, 0.3) is 5.91 Å². The number of amides is 2. The Kier molecular flexibility index (Phi) is 6.67. The Hall–Kier alpha value is -2.41. The van der Waals surface area contributed by atoms with Gasteiger partial charge in [-0.2, -0.15) is 0 Å². The number of nitrogens with one attached hydrogen (secondary N) is 1. The molecule has 1 unspecified atom stereocenters. The van der Waals surface area contributed by atoms with Crippen molar-refractivity contribution in [3.8, 4) is 5.75 Å². The standard InChI is InChI=1S/C21H24BrN3O3/c1-14(24-20(26)17-5-7-18(22)8-6-17)16-9-12-25(13-10-16)21(27)28-19-4-3-11-23-15(19)2/h3-8,11,14,16H,9-10,12-13H2,1-2H3,(H,24,26). The highest BCUT2D eigenvalue weighted by atomic mass is 79.9. The van der Waals surface area contributed by atoms with E-state index < -0.39 is 0 Å². The van der Waals surface area contributed by atoms with Crippen molar-refractivity contribution in [1.29, 1.82) is 0 Å². The molecule has 0 aliphatic carbocycles. The van der Waals surface area contributed by atoms with Crippen LogP contribution in [0.1, 0.15) is 35.8 Å². The predicted molar refractivity (Wildman–Crippen MR) is 110 cm³/mol. The van der Waals surface area contributed by atoms with Gasteiger partial charge in [0.05, 0.1) is 5.69 Å². The summed E-state index contributed by atoms with van der Waals surface area (Å²) in [5.41, 5.74) is 1.33. The molecule has 0 spiro atoms. The number of ether oxygens (including phenoxy) is 1. The molecule has 0 saturated carbocycles. The lowest BCUT2D eigenvalue weighted by Gasteiger charge is -2.34. The maximum absolute atomic E-state index is 12.4. The van der Waals surface area contributed by atoms with Crippen LogP contribution in [0.5, 0.6) is 5.75 Å². The van der Waals surface area contributed by atoms with E-state index in [1.54, 1.807) is 35.4 Å². The first-order valence-electron chi connectivity index (χ1n) is 9.39. The van der Waals surface area contributed by atoms with Gasteiger partial charge in [0.2, 0.25) is 0 Å². The predicted octanol–water partition coefficient (Wildman–Crippen LogP) is 4.18. The van der Waals surface area contributed by atoms with Gasteiger partial charge < -0.3 is 15.0 Å². The molecule has 2 amide bonds. The molecule has 1 aromatic heterocycles. The lowest BCUT2D eigenvalue weighted by Crippen LogP contribution is -2.46. The van der Waals surface area contributed by atoms with Gasteiger partial charge >= 0.3 is 6.09 Å². The van der Waals surface area contributed by atoms with E-state index in [1.165, 1.54) is 0 Å². The molecule has 148 valence electrons. The van der Waals surface area contributed by atoms with Crippen LogP contribution in [0.4, 0.5) is 4.79 Å². The largest absolute Gasteiger partial charge is 0.415 e. The Morgan fingerprint density at radius 2 is 1.89 bits per heavy atom. The number of halogens is 1. The molecule has 7 heteroatoms.